The third kappa shape index (κ3) is 5.37. The molecule has 0 aliphatic carbocycles. The Morgan fingerprint density at radius 1 is 1.12 bits per heavy atom. The number of aromatic nitrogens is 1. The molecular formula is C25H26ClN3O3. The second-order valence-corrected chi connectivity index (χ2v) is 8.51. The topological polar surface area (TPSA) is 75.4 Å². The van der Waals surface area contributed by atoms with E-state index in [9.17, 15) is 9.59 Å². The molecule has 3 aromatic rings. The maximum atomic E-state index is 12.6. The van der Waals surface area contributed by atoms with Crippen LogP contribution in [0.15, 0.2) is 59.1 Å². The lowest BCUT2D eigenvalue weighted by molar-refractivity contribution is -0.132. The average Bonchev–Trinajstić information content (AvgIpc) is 3.28. The van der Waals surface area contributed by atoms with Gasteiger partial charge >= 0.3 is 0 Å². The number of benzene rings is 2. The van der Waals surface area contributed by atoms with Crippen molar-refractivity contribution in [2.75, 3.05) is 13.1 Å². The van der Waals surface area contributed by atoms with Crippen molar-refractivity contribution in [2.45, 2.75) is 38.6 Å². The van der Waals surface area contributed by atoms with Crippen LogP contribution < -0.4 is 5.32 Å². The fourth-order valence-electron chi connectivity index (χ4n) is 3.91. The van der Waals surface area contributed by atoms with E-state index in [4.69, 9.17) is 16.0 Å². The van der Waals surface area contributed by atoms with Crippen LogP contribution in [0.2, 0.25) is 5.02 Å². The van der Waals surface area contributed by atoms with Gasteiger partial charge in [-0.3, -0.25) is 9.59 Å². The van der Waals surface area contributed by atoms with E-state index in [1.54, 1.807) is 18.3 Å². The molecule has 1 aromatic heterocycles. The maximum Gasteiger partial charge on any atom is 0.251 e. The highest BCUT2D eigenvalue weighted by Crippen LogP contribution is 2.23. The molecule has 0 atom stereocenters. The molecule has 0 spiro atoms. The number of likely N-dealkylation sites (tertiary alicyclic amines) is 1. The van der Waals surface area contributed by atoms with Gasteiger partial charge in [-0.1, -0.05) is 29.8 Å². The third-order valence-electron chi connectivity index (χ3n) is 5.81. The van der Waals surface area contributed by atoms with Crippen molar-refractivity contribution in [1.29, 1.82) is 0 Å². The third-order valence-corrected chi connectivity index (χ3v) is 6.06. The molecule has 1 fully saturated rings. The molecule has 32 heavy (non-hydrogen) atoms. The van der Waals surface area contributed by atoms with E-state index in [0.717, 1.165) is 24.0 Å². The predicted octanol–water partition coefficient (Wildman–Crippen LogP) is 4.66. The summed E-state index contributed by atoms with van der Waals surface area (Å²) in [6.45, 7) is 3.21. The van der Waals surface area contributed by atoms with Crippen LogP contribution in [0.1, 0.15) is 41.1 Å². The van der Waals surface area contributed by atoms with Crippen molar-refractivity contribution in [1.82, 2.24) is 15.2 Å². The minimum atomic E-state index is -0.0479. The smallest absolute Gasteiger partial charge is 0.251 e. The van der Waals surface area contributed by atoms with Gasteiger partial charge in [-0.05, 0) is 55.7 Å². The fraction of sp³-hybridized carbons (Fsp3) is 0.320. The molecule has 4 rings (SSSR count). The first-order chi connectivity index (χ1) is 15.5. The van der Waals surface area contributed by atoms with Gasteiger partial charge < -0.3 is 14.6 Å². The summed E-state index contributed by atoms with van der Waals surface area (Å²) in [6.07, 6.45) is 3.98. The van der Waals surface area contributed by atoms with E-state index < -0.39 is 0 Å². The fourth-order valence-corrected chi connectivity index (χ4v) is 4.04. The van der Waals surface area contributed by atoms with Gasteiger partial charge in [0.05, 0.1) is 6.20 Å². The Labute approximate surface area is 192 Å². The van der Waals surface area contributed by atoms with Crippen molar-refractivity contribution in [3.8, 4) is 11.3 Å². The number of piperidine rings is 1. The van der Waals surface area contributed by atoms with Crippen LogP contribution in [0.5, 0.6) is 0 Å². The van der Waals surface area contributed by atoms with E-state index in [-0.39, 0.29) is 17.9 Å². The van der Waals surface area contributed by atoms with Crippen molar-refractivity contribution < 1.29 is 14.0 Å². The highest BCUT2D eigenvalue weighted by molar-refractivity contribution is 6.30. The first-order valence-electron chi connectivity index (χ1n) is 10.8. The lowest BCUT2D eigenvalue weighted by Crippen LogP contribution is -2.46. The second kappa shape index (κ2) is 10.0. The number of nitrogens with zero attached hydrogens (tertiary/aromatic N) is 2. The Kier molecular flexibility index (Phi) is 6.90. The number of amides is 2. The molecule has 6 nitrogen and oxygen atoms in total. The normalized spacial score (nSPS) is 14.4. The van der Waals surface area contributed by atoms with Gasteiger partial charge in [0.2, 0.25) is 5.91 Å². The predicted molar refractivity (Wildman–Crippen MR) is 124 cm³/mol. The summed E-state index contributed by atoms with van der Waals surface area (Å²) in [5.41, 5.74) is 2.56. The van der Waals surface area contributed by atoms with Gasteiger partial charge in [-0.15, -0.1) is 0 Å². The molecule has 0 bridgehead atoms. The molecule has 1 N–H and O–H groups in total. The average molecular weight is 452 g/mol. The minimum absolute atomic E-state index is 0.0479. The number of hydrogen-bond acceptors (Lipinski definition) is 4. The van der Waals surface area contributed by atoms with E-state index >= 15 is 0 Å². The summed E-state index contributed by atoms with van der Waals surface area (Å²) in [5, 5.41) is 3.77. The maximum absolute atomic E-state index is 12.6. The first-order valence-corrected chi connectivity index (χ1v) is 11.2. The monoisotopic (exact) mass is 451 g/mol. The van der Waals surface area contributed by atoms with Gasteiger partial charge in [0.25, 0.3) is 5.91 Å². The van der Waals surface area contributed by atoms with Gasteiger partial charge in [0, 0.05) is 48.1 Å². The van der Waals surface area contributed by atoms with Crippen LogP contribution in [0.25, 0.3) is 11.3 Å². The van der Waals surface area contributed by atoms with Crippen LogP contribution in [0, 0.1) is 6.92 Å². The SMILES string of the molecule is Cc1ccccc1C(=O)NC1CCN(C(=O)CCc2ncc(-c3ccc(Cl)cc3)o2)CC1. The van der Waals surface area contributed by atoms with Crippen molar-refractivity contribution in [3.05, 3.63) is 76.8 Å². The largest absolute Gasteiger partial charge is 0.441 e. The zero-order valence-corrected chi connectivity index (χ0v) is 18.8. The number of halogens is 1. The molecule has 2 heterocycles. The van der Waals surface area contributed by atoms with Gasteiger partial charge in [-0.2, -0.15) is 0 Å². The van der Waals surface area contributed by atoms with Crippen LogP contribution in [-0.4, -0.2) is 40.8 Å². The lowest BCUT2D eigenvalue weighted by Gasteiger charge is -2.32. The highest BCUT2D eigenvalue weighted by atomic mass is 35.5. The summed E-state index contributed by atoms with van der Waals surface area (Å²) in [4.78, 5) is 31.3. The van der Waals surface area contributed by atoms with Crippen molar-refractivity contribution in [3.63, 3.8) is 0 Å². The van der Waals surface area contributed by atoms with Crippen LogP contribution >= 0.6 is 11.6 Å². The molecule has 0 radical (unpaired) electrons. The summed E-state index contributed by atoms with van der Waals surface area (Å²) < 4.78 is 5.79. The summed E-state index contributed by atoms with van der Waals surface area (Å²) >= 11 is 5.92. The first kappa shape index (κ1) is 22.1. The van der Waals surface area contributed by atoms with E-state index in [1.165, 1.54) is 0 Å². The molecule has 7 heteroatoms. The second-order valence-electron chi connectivity index (χ2n) is 8.07. The van der Waals surface area contributed by atoms with Crippen LogP contribution in [0.3, 0.4) is 0 Å². The van der Waals surface area contributed by atoms with Crippen LogP contribution in [0.4, 0.5) is 0 Å². The van der Waals surface area contributed by atoms with E-state index in [2.05, 4.69) is 10.3 Å². The Morgan fingerprint density at radius 2 is 1.84 bits per heavy atom. The molecule has 0 saturated carbocycles. The van der Waals surface area contributed by atoms with Crippen molar-refractivity contribution in [2.24, 2.45) is 0 Å². The lowest BCUT2D eigenvalue weighted by atomic mass is 10.0. The zero-order valence-electron chi connectivity index (χ0n) is 18.0. The molecule has 1 aliphatic rings. The number of nitrogens with one attached hydrogen (secondary N) is 1. The van der Waals surface area contributed by atoms with Gasteiger partial charge in [-0.25, -0.2) is 4.98 Å². The number of hydrogen-bond donors (Lipinski definition) is 1. The molecule has 1 aliphatic heterocycles. The Hall–Kier alpha value is -3.12. The quantitative estimate of drug-likeness (QED) is 0.591. The summed E-state index contributed by atoms with van der Waals surface area (Å²) in [6, 6.07) is 15.0. The van der Waals surface area contributed by atoms with E-state index in [0.29, 0.717) is 48.2 Å². The molecular weight excluding hydrogens is 426 g/mol. The zero-order chi connectivity index (χ0) is 22.5. The molecule has 1 saturated heterocycles. The molecule has 0 unspecified atom stereocenters. The highest BCUT2D eigenvalue weighted by Gasteiger charge is 2.24. The minimum Gasteiger partial charge on any atom is -0.441 e. The Balaban J connectivity index is 1.23. The Morgan fingerprint density at radius 3 is 2.56 bits per heavy atom. The number of carbonyl (C=O) groups excluding carboxylic acids is 2. The number of carbonyl (C=O) groups is 2. The van der Waals surface area contributed by atoms with Gasteiger partial charge in [0.15, 0.2) is 11.7 Å². The van der Waals surface area contributed by atoms with Gasteiger partial charge in [0.1, 0.15) is 0 Å². The Bertz CT molecular complexity index is 1090. The molecule has 2 aromatic carbocycles. The number of oxazole rings is 1. The molecule has 166 valence electrons. The van der Waals surface area contributed by atoms with E-state index in [1.807, 2.05) is 48.2 Å². The van der Waals surface area contributed by atoms with Crippen LogP contribution in [-0.2, 0) is 11.2 Å². The van der Waals surface area contributed by atoms with Crippen molar-refractivity contribution >= 4 is 23.4 Å². The number of aryl methyl sites for hydroxylation is 2. The summed E-state index contributed by atoms with van der Waals surface area (Å²) in [7, 11) is 0. The number of rotatable bonds is 6. The summed E-state index contributed by atoms with van der Waals surface area (Å²) in [5.74, 6) is 1.24. The standard InChI is InChI=1S/C25H26ClN3O3/c1-17-4-2-3-5-21(17)25(31)28-20-12-14-29(15-13-20)24(30)11-10-23-27-16-22(32-23)18-6-8-19(26)9-7-18/h2-9,16,20H,10-15H2,1H3,(H,28,31). The molecule has 2 amide bonds.